The third-order valence-corrected chi connectivity index (χ3v) is 18.0. The lowest BCUT2D eigenvalue weighted by Gasteiger charge is -2.17. The molecule has 8 rings (SSSR count). The number of rotatable bonds is 32. The normalized spacial score (nSPS) is 12.4. The average Bonchev–Trinajstić information content (AvgIpc) is 4.25. The highest BCUT2D eigenvalue weighted by Crippen LogP contribution is 2.49. The second-order valence-electron chi connectivity index (χ2n) is 20.5. The molecule has 12 heteroatoms. The summed E-state index contributed by atoms with van der Waals surface area (Å²) in [5.41, 5.74) is 3.76. The number of nitrogens with zero attached hydrogens (tertiary/aromatic N) is 3. The number of hydrogen-bond donors (Lipinski definition) is 0. The predicted octanol–water partition coefficient (Wildman–Crippen LogP) is 20.0. The summed E-state index contributed by atoms with van der Waals surface area (Å²) in [7, 11) is 0. The molecule has 0 fully saturated rings. The first kappa shape index (κ1) is 56.9. The summed E-state index contributed by atoms with van der Waals surface area (Å²) < 4.78 is 47.4. The highest BCUT2D eigenvalue weighted by atomic mass is 32.1. The smallest absolute Gasteiger partial charge is 0.263 e. The van der Waals surface area contributed by atoms with Gasteiger partial charge in [0.05, 0.1) is 51.7 Å². The van der Waals surface area contributed by atoms with E-state index < -0.39 is 11.6 Å². The minimum atomic E-state index is -1.03. The van der Waals surface area contributed by atoms with Crippen LogP contribution in [0.2, 0.25) is 0 Å². The van der Waals surface area contributed by atoms with E-state index in [0.29, 0.717) is 73.3 Å². The fourth-order valence-corrected chi connectivity index (χ4v) is 13.5. The van der Waals surface area contributed by atoms with Crippen LogP contribution in [0.15, 0.2) is 72.8 Å². The number of benzene rings is 3. The van der Waals surface area contributed by atoms with E-state index in [9.17, 15) is 9.59 Å². The molecule has 0 saturated carbocycles. The van der Waals surface area contributed by atoms with Gasteiger partial charge in [0.1, 0.15) is 22.5 Å². The van der Waals surface area contributed by atoms with Crippen molar-refractivity contribution in [3.8, 4) is 64.6 Å². The molecule has 0 unspecified atom stereocenters. The number of aryl methyl sites for hydroxylation is 2. The van der Waals surface area contributed by atoms with Crippen LogP contribution in [0.25, 0.3) is 64.2 Å². The highest BCUT2D eigenvalue weighted by Gasteiger charge is 2.41. The van der Waals surface area contributed by atoms with E-state index in [-0.39, 0.29) is 34.0 Å². The van der Waals surface area contributed by atoms with Crippen molar-refractivity contribution in [3.63, 3.8) is 0 Å². The van der Waals surface area contributed by atoms with Gasteiger partial charge in [0.15, 0.2) is 11.6 Å². The number of carbonyl (C=O) groups is 2. The first-order valence-corrected chi connectivity index (χ1v) is 30.9. The van der Waals surface area contributed by atoms with Crippen molar-refractivity contribution in [2.75, 3.05) is 19.8 Å². The van der Waals surface area contributed by atoms with Gasteiger partial charge in [0.25, 0.3) is 11.8 Å². The molecule has 0 radical (unpaired) electrons. The van der Waals surface area contributed by atoms with E-state index in [1.165, 1.54) is 135 Å². The molecule has 0 N–H and O–H groups in total. The fraction of sp³-hybridized carbons (Fsp3) is 0.469. The van der Waals surface area contributed by atoms with Crippen LogP contribution in [0.3, 0.4) is 0 Å². The van der Waals surface area contributed by atoms with Crippen molar-refractivity contribution < 1.29 is 27.8 Å². The zero-order valence-electron chi connectivity index (χ0n) is 45.6. The number of imide groups is 1. The zero-order chi connectivity index (χ0) is 53.4. The minimum Gasteiger partial charge on any atom is -0.494 e. The van der Waals surface area contributed by atoms with Gasteiger partial charge in [0.2, 0.25) is 0 Å². The first-order valence-electron chi connectivity index (χ1n) is 28.5. The molecule has 5 heterocycles. The number of carbonyl (C=O) groups excluding carboxylic acids is 2. The van der Waals surface area contributed by atoms with Gasteiger partial charge in [0, 0.05) is 42.1 Å². The van der Waals surface area contributed by atoms with Gasteiger partial charge in [-0.3, -0.25) is 14.5 Å². The molecule has 4 aromatic heterocycles. The number of aromatic nitrogens is 2. The Morgan fingerprint density at radius 1 is 0.474 bits per heavy atom. The molecule has 3 aromatic carbocycles. The topological polar surface area (TPSA) is 81.6 Å². The maximum atomic E-state index is 17.5. The summed E-state index contributed by atoms with van der Waals surface area (Å²) in [6.07, 6.45) is 25.4. The van der Waals surface area contributed by atoms with Crippen molar-refractivity contribution >= 4 is 56.9 Å². The van der Waals surface area contributed by atoms with Crippen LogP contribution < -0.4 is 9.47 Å². The third-order valence-electron chi connectivity index (χ3n) is 14.5. The summed E-state index contributed by atoms with van der Waals surface area (Å²) in [6, 6.07) is 22.9. The molecule has 0 aliphatic carbocycles. The lowest BCUT2D eigenvalue weighted by molar-refractivity contribution is 0.0651. The van der Waals surface area contributed by atoms with Crippen LogP contribution >= 0.6 is 34.0 Å². The first-order chi connectivity index (χ1) is 37.1. The number of hydrogen-bond acceptors (Lipinski definition) is 9. The molecule has 76 heavy (non-hydrogen) atoms. The molecule has 2 amide bonds. The highest BCUT2D eigenvalue weighted by molar-refractivity contribution is 7.24. The molecule has 7 nitrogen and oxygen atoms in total. The molecular formula is C64H77F2N3O4S3. The van der Waals surface area contributed by atoms with E-state index in [1.54, 1.807) is 6.07 Å². The summed E-state index contributed by atoms with van der Waals surface area (Å²) in [6.45, 7) is 12.0. The molecule has 404 valence electrons. The molecule has 0 atom stereocenters. The Balaban J connectivity index is 1.16. The second-order valence-corrected chi connectivity index (χ2v) is 24.1. The maximum absolute atomic E-state index is 17.5. The van der Waals surface area contributed by atoms with Gasteiger partial charge < -0.3 is 9.47 Å². The Bertz CT molecular complexity index is 3050. The van der Waals surface area contributed by atoms with Crippen molar-refractivity contribution in [1.29, 1.82) is 0 Å². The molecule has 0 spiro atoms. The number of fused-ring (bicyclic) bond motifs is 2. The number of halogens is 2. The Morgan fingerprint density at radius 2 is 0.908 bits per heavy atom. The van der Waals surface area contributed by atoms with Gasteiger partial charge >= 0.3 is 0 Å². The van der Waals surface area contributed by atoms with Gasteiger partial charge in [-0.2, -0.15) is 0 Å². The Kier molecular flexibility index (Phi) is 21.2. The lowest BCUT2D eigenvalue weighted by Crippen LogP contribution is -2.31. The van der Waals surface area contributed by atoms with Crippen LogP contribution in [-0.4, -0.2) is 46.4 Å². The number of ether oxygens (including phenoxy) is 2. The summed E-state index contributed by atoms with van der Waals surface area (Å²) >= 11 is 4.03. The van der Waals surface area contributed by atoms with Gasteiger partial charge in [-0.05, 0) is 81.6 Å². The second kappa shape index (κ2) is 28.4. The number of thiophene rings is 3. The Hall–Kier alpha value is -5.30. The maximum Gasteiger partial charge on any atom is 0.263 e. The molecule has 0 bridgehead atoms. The Morgan fingerprint density at radius 3 is 1.39 bits per heavy atom. The van der Waals surface area contributed by atoms with Crippen LogP contribution in [0.4, 0.5) is 8.78 Å². The molecule has 1 aliphatic rings. The van der Waals surface area contributed by atoms with Gasteiger partial charge in [-0.25, -0.2) is 18.7 Å². The SMILES string of the molecule is CCCCCCCCCCCCN1C(=O)c2c(C)sc(-c3ccc(-c4c(F)c(F)c(-c5ccc(C)s5)c5nc(-c6cccc(OCCCCCCCC)c6)c(-c6cccc(OCCCCCCCC)c6)nc45)s3)c2C1=O. The largest absolute Gasteiger partial charge is 0.494 e. The average molecular weight is 1090 g/mol. The van der Waals surface area contributed by atoms with E-state index in [0.717, 1.165) is 65.8 Å². The lowest BCUT2D eigenvalue weighted by atomic mass is 9.99. The monoisotopic (exact) mass is 1090 g/mol. The van der Waals surface area contributed by atoms with E-state index in [2.05, 4.69) is 20.8 Å². The van der Waals surface area contributed by atoms with Crippen molar-refractivity contribution in [3.05, 3.63) is 105 Å². The van der Waals surface area contributed by atoms with Gasteiger partial charge in [-0.15, -0.1) is 34.0 Å². The zero-order valence-corrected chi connectivity index (χ0v) is 48.0. The molecule has 0 saturated heterocycles. The van der Waals surface area contributed by atoms with Crippen molar-refractivity contribution in [1.82, 2.24) is 14.9 Å². The standard InChI is InChI=1S/C64H77F2N3O4S3/c1-6-9-12-15-18-19-20-21-22-25-38-69-63(70)52-44(5)75-62(55(52)64(69)71)51-37-36-50(76-51)54-57(66)56(65)53(49-35-34-43(4)74-49)60-61(54)68-59(46-31-29-33-48(42-46)73-40-27-24-17-14-11-8-3)58(67-60)45-30-28-32-47(41-45)72-39-26-23-16-13-10-7-2/h28-37,41-42H,6-27,38-40H2,1-5H3. The summed E-state index contributed by atoms with van der Waals surface area (Å²) in [5.74, 6) is -1.20. The van der Waals surface area contributed by atoms with E-state index in [4.69, 9.17) is 19.4 Å². The van der Waals surface area contributed by atoms with Crippen LogP contribution in [-0.2, 0) is 0 Å². The fourth-order valence-electron chi connectivity index (χ4n) is 10.3. The van der Waals surface area contributed by atoms with E-state index in [1.807, 2.05) is 80.6 Å². The van der Waals surface area contributed by atoms with Crippen molar-refractivity contribution in [2.24, 2.45) is 0 Å². The third kappa shape index (κ3) is 13.9. The summed E-state index contributed by atoms with van der Waals surface area (Å²) in [4.78, 5) is 44.3. The minimum absolute atomic E-state index is 0.0116. The van der Waals surface area contributed by atoms with Crippen LogP contribution in [0.5, 0.6) is 11.5 Å². The number of unbranched alkanes of at least 4 members (excludes halogenated alkanes) is 19. The van der Waals surface area contributed by atoms with Crippen LogP contribution in [0, 0.1) is 25.5 Å². The quantitative estimate of drug-likeness (QED) is 0.0309. The van der Waals surface area contributed by atoms with Gasteiger partial charge in [-0.1, -0.05) is 167 Å². The summed E-state index contributed by atoms with van der Waals surface area (Å²) in [5, 5.41) is 0. The molecule has 1 aliphatic heterocycles. The van der Waals surface area contributed by atoms with Crippen molar-refractivity contribution in [2.45, 2.75) is 176 Å². The Labute approximate surface area is 462 Å². The predicted molar refractivity (Wildman–Crippen MR) is 315 cm³/mol. The molecule has 7 aromatic rings. The number of amides is 2. The van der Waals surface area contributed by atoms with Crippen LogP contribution in [0.1, 0.15) is 192 Å². The molecular weight excluding hydrogens is 1010 g/mol. The van der Waals surface area contributed by atoms with E-state index >= 15 is 8.78 Å².